The Morgan fingerprint density at radius 3 is 2.50 bits per heavy atom. The second-order valence-corrected chi connectivity index (χ2v) is 3.09. The second kappa shape index (κ2) is 3.39. The highest BCUT2D eigenvalue weighted by Crippen LogP contribution is 2.17. The molecule has 0 fully saturated rings. The van der Waals surface area contributed by atoms with Crippen LogP contribution in [0.1, 0.15) is 13.8 Å². The molecule has 0 radical (unpaired) electrons. The van der Waals surface area contributed by atoms with Crippen molar-refractivity contribution in [2.24, 2.45) is 0 Å². The van der Waals surface area contributed by atoms with E-state index in [1.807, 2.05) is 26.0 Å². The molecule has 0 saturated carbocycles. The average Bonchev–Trinajstić information content (AvgIpc) is 2.06. The van der Waals surface area contributed by atoms with Crippen LogP contribution in [0.5, 0.6) is 5.75 Å². The van der Waals surface area contributed by atoms with Gasteiger partial charge in [-0.1, -0.05) is 6.58 Å². The summed E-state index contributed by atoms with van der Waals surface area (Å²) in [5.74, 6) is 0.815. The monoisotopic (exact) mass is 163 g/mol. The van der Waals surface area contributed by atoms with Crippen molar-refractivity contribution in [3.8, 4) is 5.75 Å². The summed E-state index contributed by atoms with van der Waals surface area (Å²) in [7, 11) is 0. The minimum absolute atomic E-state index is 0.318. The number of rotatable bonds is 3. The zero-order valence-corrected chi connectivity index (χ0v) is 7.45. The van der Waals surface area contributed by atoms with Gasteiger partial charge < -0.3 is 4.74 Å². The van der Waals surface area contributed by atoms with E-state index in [9.17, 15) is 0 Å². The summed E-state index contributed by atoms with van der Waals surface area (Å²) < 4.78 is 5.59. The van der Waals surface area contributed by atoms with E-state index < -0.39 is 0 Å². The van der Waals surface area contributed by atoms with E-state index in [-0.39, 0.29) is 5.60 Å². The van der Waals surface area contributed by atoms with Crippen LogP contribution in [-0.4, -0.2) is 10.6 Å². The Morgan fingerprint density at radius 2 is 2.00 bits per heavy atom. The van der Waals surface area contributed by atoms with Gasteiger partial charge in [-0.15, -0.1) is 0 Å². The molecule has 0 aliphatic heterocycles. The quantitative estimate of drug-likeness (QED) is 0.638. The lowest BCUT2D eigenvalue weighted by Gasteiger charge is -2.21. The van der Waals surface area contributed by atoms with Crippen molar-refractivity contribution in [2.45, 2.75) is 19.4 Å². The smallest absolute Gasteiger partial charge is 0.123 e. The summed E-state index contributed by atoms with van der Waals surface area (Å²) in [5, 5.41) is 0. The standard InChI is InChI=1S/C10H13NO/c1-4-10(2,3)12-9-5-7-11-8-6-9/h4-8H,1H2,2-3H3. The lowest BCUT2D eigenvalue weighted by Crippen LogP contribution is -2.24. The first-order valence-electron chi connectivity index (χ1n) is 3.87. The van der Waals surface area contributed by atoms with Gasteiger partial charge in [-0.25, -0.2) is 0 Å². The van der Waals surface area contributed by atoms with Crippen LogP contribution in [0.2, 0.25) is 0 Å². The van der Waals surface area contributed by atoms with Crippen LogP contribution in [0.25, 0.3) is 0 Å². The highest BCUT2D eigenvalue weighted by atomic mass is 16.5. The molecule has 12 heavy (non-hydrogen) atoms. The van der Waals surface area contributed by atoms with Gasteiger partial charge in [-0.05, 0) is 32.1 Å². The zero-order chi connectivity index (χ0) is 9.03. The Labute approximate surface area is 72.9 Å². The first-order chi connectivity index (χ1) is 5.64. The number of hydrogen-bond donors (Lipinski definition) is 0. The lowest BCUT2D eigenvalue weighted by atomic mass is 10.1. The number of nitrogens with zero attached hydrogens (tertiary/aromatic N) is 1. The Morgan fingerprint density at radius 1 is 1.42 bits per heavy atom. The molecule has 1 aromatic rings. The Kier molecular flexibility index (Phi) is 2.48. The maximum absolute atomic E-state index is 5.59. The van der Waals surface area contributed by atoms with E-state index in [0.717, 1.165) is 5.75 Å². The molecule has 64 valence electrons. The van der Waals surface area contributed by atoms with Gasteiger partial charge in [-0.2, -0.15) is 0 Å². The summed E-state index contributed by atoms with van der Waals surface area (Å²) in [5.41, 5.74) is -0.318. The third-order valence-corrected chi connectivity index (χ3v) is 1.52. The molecule has 0 aliphatic rings. The molecule has 1 heterocycles. The van der Waals surface area contributed by atoms with Crippen molar-refractivity contribution in [3.05, 3.63) is 37.2 Å². The molecule has 2 nitrogen and oxygen atoms in total. The van der Waals surface area contributed by atoms with Gasteiger partial charge in [0.2, 0.25) is 0 Å². The van der Waals surface area contributed by atoms with Crippen LogP contribution in [0.15, 0.2) is 37.2 Å². The fourth-order valence-corrected chi connectivity index (χ4v) is 0.752. The van der Waals surface area contributed by atoms with E-state index >= 15 is 0 Å². The molecule has 0 amide bonds. The van der Waals surface area contributed by atoms with Crippen LogP contribution in [0.3, 0.4) is 0 Å². The predicted octanol–water partition coefficient (Wildman–Crippen LogP) is 2.43. The molecule has 0 saturated heterocycles. The first kappa shape index (κ1) is 8.78. The molecule has 0 atom stereocenters. The van der Waals surface area contributed by atoms with Crippen LogP contribution in [0.4, 0.5) is 0 Å². The number of aromatic nitrogens is 1. The topological polar surface area (TPSA) is 22.1 Å². The Bertz CT molecular complexity index is 254. The summed E-state index contributed by atoms with van der Waals surface area (Å²) >= 11 is 0. The second-order valence-electron chi connectivity index (χ2n) is 3.09. The lowest BCUT2D eigenvalue weighted by molar-refractivity contribution is 0.162. The fourth-order valence-electron chi connectivity index (χ4n) is 0.752. The number of pyridine rings is 1. The SMILES string of the molecule is C=CC(C)(C)Oc1ccncc1. The van der Waals surface area contributed by atoms with Gasteiger partial charge in [0, 0.05) is 12.4 Å². The minimum Gasteiger partial charge on any atom is -0.484 e. The molecular formula is C10H13NO. The van der Waals surface area contributed by atoms with Crippen LogP contribution in [0, 0.1) is 0 Å². The van der Waals surface area contributed by atoms with Crippen molar-refractivity contribution in [3.63, 3.8) is 0 Å². The predicted molar refractivity (Wildman–Crippen MR) is 49.1 cm³/mol. The summed E-state index contributed by atoms with van der Waals surface area (Å²) in [6.45, 7) is 7.61. The molecule has 0 bridgehead atoms. The highest BCUT2D eigenvalue weighted by Gasteiger charge is 2.13. The summed E-state index contributed by atoms with van der Waals surface area (Å²) in [6, 6.07) is 3.65. The highest BCUT2D eigenvalue weighted by molar-refractivity contribution is 5.18. The van der Waals surface area contributed by atoms with Gasteiger partial charge in [-0.3, -0.25) is 4.98 Å². The number of ether oxygens (including phenoxy) is 1. The maximum Gasteiger partial charge on any atom is 0.123 e. The van der Waals surface area contributed by atoms with Crippen LogP contribution < -0.4 is 4.74 Å². The molecule has 0 unspecified atom stereocenters. The van der Waals surface area contributed by atoms with E-state index in [0.29, 0.717) is 0 Å². The van der Waals surface area contributed by atoms with Gasteiger partial charge in [0.25, 0.3) is 0 Å². The summed E-state index contributed by atoms with van der Waals surface area (Å²) in [4.78, 5) is 3.90. The van der Waals surface area contributed by atoms with Gasteiger partial charge in [0.05, 0.1) is 0 Å². The van der Waals surface area contributed by atoms with E-state index in [4.69, 9.17) is 4.74 Å². The van der Waals surface area contributed by atoms with E-state index in [1.165, 1.54) is 0 Å². The largest absolute Gasteiger partial charge is 0.484 e. The summed E-state index contributed by atoms with van der Waals surface area (Å²) in [6.07, 6.45) is 5.18. The van der Waals surface area contributed by atoms with Crippen LogP contribution >= 0.6 is 0 Å². The third kappa shape index (κ3) is 2.38. The van der Waals surface area contributed by atoms with Crippen molar-refractivity contribution in [2.75, 3.05) is 0 Å². The molecule has 0 aromatic carbocycles. The molecular weight excluding hydrogens is 150 g/mol. The first-order valence-corrected chi connectivity index (χ1v) is 3.87. The van der Waals surface area contributed by atoms with E-state index in [2.05, 4.69) is 11.6 Å². The normalized spacial score (nSPS) is 10.8. The molecule has 1 aromatic heterocycles. The Hall–Kier alpha value is -1.31. The van der Waals surface area contributed by atoms with Gasteiger partial charge in [0.15, 0.2) is 0 Å². The van der Waals surface area contributed by atoms with Crippen molar-refractivity contribution >= 4 is 0 Å². The fraction of sp³-hybridized carbons (Fsp3) is 0.300. The van der Waals surface area contributed by atoms with E-state index in [1.54, 1.807) is 18.5 Å². The van der Waals surface area contributed by atoms with Crippen LogP contribution in [-0.2, 0) is 0 Å². The molecule has 0 aliphatic carbocycles. The van der Waals surface area contributed by atoms with Gasteiger partial charge >= 0.3 is 0 Å². The molecule has 1 rings (SSSR count). The molecule has 0 N–H and O–H groups in total. The molecule has 2 heteroatoms. The van der Waals surface area contributed by atoms with Crippen molar-refractivity contribution in [1.82, 2.24) is 4.98 Å². The zero-order valence-electron chi connectivity index (χ0n) is 7.45. The van der Waals surface area contributed by atoms with Gasteiger partial charge in [0.1, 0.15) is 11.4 Å². The van der Waals surface area contributed by atoms with Crippen molar-refractivity contribution in [1.29, 1.82) is 0 Å². The maximum atomic E-state index is 5.59. The molecule has 0 spiro atoms. The number of hydrogen-bond acceptors (Lipinski definition) is 2. The van der Waals surface area contributed by atoms with Crippen molar-refractivity contribution < 1.29 is 4.74 Å². The average molecular weight is 163 g/mol. The minimum atomic E-state index is -0.318. The third-order valence-electron chi connectivity index (χ3n) is 1.52. The Balaban J connectivity index is 2.70.